The van der Waals surface area contributed by atoms with Crippen molar-refractivity contribution in [2.75, 3.05) is 10.8 Å². The number of sulfonamides is 1. The molecule has 12 heteroatoms. The van der Waals surface area contributed by atoms with Crippen molar-refractivity contribution >= 4 is 73.9 Å². The van der Waals surface area contributed by atoms with Gasteiger partial charge in [0, 0.05) is 39.6 Å². The fourth-order valence-electron chi connectivity index (χ4n) is 5.69. The highest BCUT2D eigenvalue weighted by molar-refractivity contribution is 7.92. The van der Waals surface area contributed by atoms with Crippen LogP contribution in [0, 0.1) is 0 Å². The zero-order valence-electron chi connectivity index (χ0n) is 25.3. The molecular weight excluding hydrogens is 700 g/mol. The molecule has 1 atom stereocenters. The van der Waals surface area contributed by atoms with E-state index < -0.39 is 28.5 Å². The summed E-state index contributed by atoms with van der Waals surface area (Å²) in [5.74, 6) is -1.01. The summed E-state index contributed by atoms with van der Waals surface area (Å²) in [5, 5.41) is 4.08. The zero-order valence-corrected chi connectivity index (χ0v) is 29.1. The van der Waals surface area contributed by atoms with Crippen molar-refractivity contribution in [2.24, 2.45) is 0 Å². The van der Waals surface area contributed by atoms with Crippen LogP contribution in [0.15, 0.2) is 102 Å². The second kappa shape index (κ2) is 15.8. The van der Waals surface area contributed by atoms with E-state index in [1.807, 2.05) is 30.3 Å². The van der Waals surface area contributed by atoms with Gasteiger partial charge >= 0.3 is 0 Å². The van der Waals surface area contributed by atoms with E-state index in [0.717, 1.165) is 35.6 Å². The first kappa shape index (κ1) is 35.0. The average molecular weight is 734 g/mol. The van der Waals surface area contributed by atoms with Gasteiger partial charge in [-0.3, -0.25) is 13.9 Å². The highest BCUT2D eigenvalue weighted by Gasteiger charge is 2.36. The molecule has 1 saturated carbocycles. The van der Waals surface area contributed by atoms with Crippen LogP contribution in [0.3, 0.4) is 0 Å². The maximum atomic E-state index is 14.7. The number of nitrogens with one attached hydrogen (secondary N) is 1. The molecule has 0 spiro atoms. The first-order valence-electron chi connectivity index (χ1n) is 15.1. The van der Waals surface area contributed by atoms with Crippen LogP contribution in [-0.4, -0.2) is 43.8 Å². The van der Waals surface area contributed by atoms with E-state index in [1.165, 1.54) is 35.2 Å². The Kier molecular flexibility index (Phi) is 11.7. The number of amides is 2. The van der Waals surface area contributed by atoms with Crippen molar-refractivity contribution in [3.8, 4) is 0 Å². The van der Waals surface area contributed by atoms with Crippen LogP contribution in [0.4, 0.5) is 5.69 Å². The highest BCUT2D eigenvalue weighted by Crippen LogP contribution is 2.34. The lowest BCUT2D eigenvalue weighted by Gasteiger charge is -2.35. The lowest BCUT2D eigenvalue weighted by atomic mass is 10.0. The average Bonchev–Trinajstić information content (AvgIpc) is 3.57. The van der Waals surface area contributed by atoms with Crippen molar-refractivity contribution in [3.05, 3.63) is 128 Å². The predicted molar refractivity (Wildman–Crippen MR) is 189 cm³/mol. The number of carbonyl (C=O) groups excluding carboxylic acids is 2. The molecule has 1 aliphatic rings. The molecule has 0 bridgehead atoms. The predicted octanol–water partition coefficient (Wildman–Crippen LogP) is 8.19. The summed E-state index contributed by atoms with van der Waals surface area (Å²) in [7, 11) is -4.33. The summed E-state index contributed by atoms with van der Waals surface area (Å²) >= 11 is 25.9. The Balaban J connectivity index is 1.61. The van der Waals surface area contributed by atoms with Gasteiger partial charge in [0.15, 0.2) is 0 Å². The summed E-state index contributed by atoms with van der Waals surface area (Å²) in [6.45, 7) is -0.830. The highest BCUT2D eigenvalue weighted by atomic mass is 35.5. The standard InChI is InChI=1S/C35H33Cl4N3O4S/c36-25-18-19-32(31(39)21-25)42(47(45,46)27-14-5-2-6-15-27)23-34(43)41(22-28-29(37)16-9-17-30(28)38)33(20-24-10-3-1-4-11-24)35(44)40-26-12-7-8-13-26/h1-6,9-11,14-19,21,26,33H,7-8,12-13,20,22-23H2,(H,40,44)/t33-/m1/s1. The van der Waals surface area contributed by atoms with Crippen molar-refractivity contribution in [2.45, 2.75) is 55.6 Å². The zero-order chi connectivity index (χ0) is 33.6. The van der Waals surface area contributed by atoms with Gasteiger partial charge in [0.1, 0.15) is 12.6 Å². The first-order valence-corrected chi connectivity index (χ1v) is 18.1. The van der Waals surface area contributed by atoms with Crippen molar-refractivity contribution in [3.63, 3.8) is 0 Å². The van der Waals surface area contributed by atoms with E-state index in [4.69, 9.17) is 46.4 Å². The number of halogens is 4. The molecule has 4 aromatic carbocycles. The molecule has 1 fully saturated rings. The Labute approximate surface area is 295 Å². The van der Waals surface area contributed by atoms with E-state index >= 15 is 0 Å². The van der Waals surface area contributed by atoms with E-state index in [-0.39, 0.29) is 40.5 Å². The molecule has 47 heavy (non-hydrogen) atoms. The summed E-state index contributed by atoms with van der Waals surface area (Å²) in [5.41, 5.74) is 1.30. The minimum absolute atomic E-state index is 0.0237. The van der Waals surface area contributed by atoms with Gasteiger partial charge in [-0.05, 0) is 60.9 Å². The third-order valence-corrected chi connectivity index (χ3v) is 11.2. The molecule has 0 aromatic heterocycles. The number of carbonyl (C=O) groups is 2. The topological polar surface area (TPSA) is 86.8 Å². The molecule has 2 amide bonds. The molecule has 0 unspecified atom stereocenters. The van der Waals surface area contributed by atoms with Gasteiger partial charge in [0.05, 0.1) is 15.6 Å². The van der Waals surface area contributed by atoms with Gasteiger partial charge < -0.3 is 10.2 Å². The summed E-state index contributed by atoms with van der Waals surface area (Å²) < 4.78 is 29.3. The van der Waals surface area contributed by atoms with Crippen LogP contribution in [0.25, 0.3) is 0 Å². The normalized spacial score (nSPS) is 14.0. The number of nitrogens with zero attached hydrogens (tertiary/aromatic N) is 2. The summed E-state index contributed by atoms with van der Waals surface area (Å²) in [6.07, 6.45) is 3.85. The quantitative estimate of drug-likeness (QED) is 0.159. The Morgan fingerprint density at radius 3 is 2.02 bits per heavy atom. The van der Waals surface area contributed by atoms with E-state index in [2.05, 4.69) is 5.32 Å². The number of hydrogen-bond donors (Lipinski definition) is 1. The Morgan fingerprint density at radius 1 is 0.787 bits per heavy atom. The minimum atomic E-state index is -4.33. The van der Waals surface area contributed by atoms with Crippen LogP contribution in [-0.2, 0) is 32.6 Å². The Morgan fingerprint density at radius 2 is 1.40 bits per heavy atom. The summed E-state index contributed by atoms with van der Waals surface area (Å²) in [6, 6.07) is 25.4. The molecule has 0 heterocycles. The Hall–Kier alpha value is -3.27. The van der Waals surface area contributed by atoms with Crippen LogP contribution < -0.4 is 9.62 Å². The van der Waals surface area contributed by atoms with Gasteiger partial charge in [0.2, 0.25) is 11.8 Å². The van der Waals surface area contributed by atoms with Gasteiger partial charge in [-0.1, -0.05) is 114 Å². The van der Waals surface area contributed by atoms with Gasteiger partial charge in [-0.2, -0.15) is 0 Å². The second-order valence-corrected chi connectivity index (χ2v) is 14.9. The number of rotatable bonds is 12. The number of benzene rings is 4. The van der Waals surface area contributed by atoms with E-state index in [9.17, 15) is 18.0 Å². The van der Waals surface area contributed by atoms with Gasteiger partial charge in [-0.15, -0.1) is 0 Å². The Bertz CT molecular complexity index is 1800. The second-order valence-electron chi connectivity index (χ2n) is 11.3. The molecule has 246 valence electrons. The molecule has 0 saturated heterocycles. The largest absolute Gasteiger partial charge is 0.352 e. The summed E-state index contributed by atoms with van der Waals surface area (Å²) in [4.78, 5) is 30.1. The molecule has 4 aromatic rings. The van der Waals surface area contributed by atoms with E-state index in [0.29, 0.717) is 20.6 Å². The molecule has 1 aliphatic carbocycles. The smallest absolute Gasteiger partial charge is 0.264 e. The maximum Gasteiger partial charge on any atom is 0.264 e. The first-order chi connectivity index (χ1) is 22.5. The SMILES string of the molecule is O=C(NC1CCCC1)[C@@H](Cc1ccccc1)N(Cc1c(Cl)cccc1Cl)C(=O)CN(c1ccc(Cl)cc1Cl)S(=O)(=O)c1ccccc1. The van der Waals surface area contributed by atoms with Gasteiger partial charge in [0.25, 0.3) is 10.0 Å². The van der Waals surface area contributed by atoms with Gasteiger partial charge in [-0.25, -0.2) is 8.42 Å². The van der Waals surface area contributed by atoms with Crippen LogP contribution in [0.5, 0.6) is 0 Å². The van der Waals surface area contributed by atoms with Crippen molar-refractivity contribution in [1.82, 2.24) is 10.2 Å². The fourth-order valence-corrected chi connectivity index (χ4v) is 8.22. The molecule has 0 aliphatic heterocycles. The third-order valence-electron chi connectivity index (χ3n) is 8.15. The van der Waals surface area contributed by atoms with Crippen LogP contribution in [0.1, 0.15) is 36.8 Å². The monoisotopic (exact) mass is 731 g/mol. The maximum absolute atomic E-state index is 14.7. The fraction of sp³-hybridized carbons (Fsp3) is 0.257. The number of hydrogen-bond acceptors (Lipinski definition) is 4. The van der Waals surface area contributed by atoms with Crippen molar-refractivity contribution < 1.29 is 18.0 Å². The molecule has 0 radical (unpaired) electrons. The van der Waals surface area contributed by atoms with Crippen molar-refractivity contribution in [1.29, 1.82) is 0 Å². The lowest BCUT2D eigenvalue weighted by Crippen LogP contribution is -2.54. The molecule has 7 nitrogen and oxygen atoms in total. The minimum Gasteiger partial charge on any atom is -0.352 e. The van der Waals surface area contributed by atoms with Crippen LogP contribution in [0.2, 0.25) is 20.1 Å². The molecular formula is C35H33Cl4N3O4S. The third kappa shape index (κ3) is 8.61. The van der Waals surface area contributed by atoms with E-state index in [1.54, 1.807) is 36.4 Å². The number of anilines is 1. The molecule has 5 rings (SSSR count). The lowest BCUT2D eigenvalue weighted by molar-refractivity contribution is -0.140. The molecule has 1 N–H and O–H groups in total. The van der Waals surface area contributed by atoms with Crippen LogP contribution >= 0.6 is 46.4 Å².